The number of carbonyl (C=O) groups is 2. The molecule has 0 radical (unpaired) electrons. The smallest absolute Gasteiger partial charge is 0.236 e. The average Bonchev–Trinajstić information content (AvgIpc) is 2.69. The first-order chi connectivity index (χ1) is 9.79. The molecule has 1 aromatic carbocycles. The molecule has 1 saturated heterocycles. The molecular formula is C15H22ClN3O2. The Labute approximate surface area is 131 Å². The van der Waals surface area contributed by atoms with Gasteiger partial charge in [-0.1, -0.05) is 36.8 Å². The third-order valence-electron chi connectivity index (χ3n) is 3.42. The van der Waals surface area contributed by atoms with Crippen LogP contribution < -0.4 is 5.43 Å². The lowest BCUT2D eigenvalue weighted by molar-refractivity contribution is -0.135. The highest BCUT2D eigenvalue weighted by atomic mass is 35.5. The van der Waals surface area contributed by atoms with Crippen LogP contribution in [0.1, 0.15) is 31.2 Å². The Morgan fingerprint density at radius 2 is 1.95 bits per heavy atom. The number of benzene rings is 1. The topological polar surface area (TPSA) is 52.7 Å². The maximum absolute atomic E-state index is 11.8. The van der Waals surface area contributed by atoms with E-state index in [4.69, 9.17) is 0 Å². The van der Waals surface area contributed by atoms with Gasteiger partial charge in [-0.05, 0) is 18.4 Å². The fraction of sp³-hybridized carbons (Fsp3) is 0.467. The molecule has 1 N–H and O–H groups in total. The van der Waals surface area contributed by atoms with E-state index in [0.29, 0.717) is 19.6 Å². The molecule has 116 valence electrons. The van der Waals surface area contributed by atoms with E-state index in [1.54, 1.807) is 9.91 Å². The molecule has 1 aromatic rings. The van der Waals surface area contributed by atoms with Gasteiger partial charge in [0, 0.05) is 19.5 Å². The molecule has 0 aromatic heterocycles. The van der Waals surface area contributed by atoms with E-state index in [1.807, 2.05) is 30.3 Å². The molecule has 21 heavy (non-hydrogen) atoms. The minimum atomic E-state index is 0. The number of carbonyl (C=O) groups excluding carboxylic acids is 2. The zero-order valence-corrected chi connectivity index (χ0v) is 12.8. The summed E-state index contributed by atoms with van der Waals surface area (Å²) in [5.74, 6) is 0.119. The quantitative estimate of drug-likeness (QED) is 0.645. The van der Waals surface area contributed by atoms with Gasteiger partial charge in [-0.15, -0.1) is 12.4 Å². The van der Waals surface area contributed by atoms with E-state index in [1.165, 1.54) is 0 Å². The molecule has 1 aliphatic rings. The molecule has 1 aliphatic heterocycles. The van der Waals surface area contributed by atoms with Crippen molar-refractivity contribution in [2.45, 2.75) is 32.2 Å². The van der Waals surface area contributed by atoms with Gasteiger partial charge in [-0.25, -0.2) is 5.43 Å². The lowest BCUT2D eigenvalue weighted by Crippen LogP contribution is -2.47. The van der Waals surface area contributed by atoms with Crippen molar-refractivity contribution in [2.24, 2.45) is 0 Å². The van der Waals surface area contributed by atoms with Crippen molar-refractivity contribution in [2.75, 3.05) is 13.2 Å². The van der Waals surface area contributed by atoms with Gasteiger partial charge in [0.1, 0.15) is 0 Å². The molecule has 2 amide bonds. The van der Waals surface area contributed by atoms with Crippen molar-refractivity contribution >= 4 is 24.7 Å². The maximum Gasteiger partial charge on any atom is 0.236 e. The second-order valence-electron chi connectivity index (χ2n) is 5.01. The number of rotatable bonds is 6. The van der Waals surface area contributed by atoms with Crippen molar-refractivity contribution in [3.63, 3.8) is 0 Å². The number of amides is 2. The van der Waals surface area contributed by atoms with Crippen molar-refractivity contribution in [3.05, 3.63) is 35.9 Å². The number of halogens is 1. The van der Waals surface area contributed by atoms with Gasteiger partial charge in [0.05, 0.1) is 6.67 Å². The summed E-state index contributed by atoms with van der Waals surface area (Å²) in [5, 5.41) is 1.65. The van der Waals surface area contributed by atoms with Crippen LogP contribution in [-0.4, -0.2) is 35.4 Å². The lowest BCUT2D eigenvalue weighted by atomic mass is 10.2. The number of nitrogens with zero attached hydrogens (tertiary/aromatic N) is 2. The Kier molecular flexibility index (Phi) is 7.79. The number of nitrogens with one attached hydrogen (secondary N) is 1. The van der Waals surface area contributed by atoms with Crippen molar-refractivity contribution < 1.29 is 9.59 Å². The first-order valence-electron chi connectivity index (χ1n) is 7.07. The summed E-state index contributed by atoms with van der Waals surface area (Å²) < 4.78 is 0. The second kappa shape index (κ2) is 9.37. The Morgan fingerprint density at radius 3 is 2.67 bits per heavy atom. The molecule has 1 fully saturated rings. The summed E-state index contributed by atoms with van der Waals surface area (Å²) in [4.78, 5) is 24.6. The number of hydrazine groups is 1. The summed E-state index contributed by atoms with van der Waals surface area (Å²) in [7, 11) is 0. The van der Waals surface area contributed by atoms with Crippen LogP contribution in [-0.2, 0) is 16.1 Å². The maximum atomic E-state index is 11.8. The third kappa shape index (κ3) is 5.73. The van der Waals surface area contributed by atoms with E-state index in [9.17, 15) is 9.59 Å². The molecule has 0 spiro atoms. The molecule has 0 saturated carbocycles. The second-order valence-corrected chi connectivity index (χ2v) is 5.01. The van der Waals surface area contributed by atoms with Gasteiger partial charge >= 0.3 is 0 Å². The lowest BCUT2D eigenvalue weighted by Gasteiger charge is -2.25. The summed E-state index contributed by atoms with van der Waals surface area (Å²) in [6.07, 6.45) is 4.46. The molecule has 2 rings (SSSR count). The third-order valence-corrected chi connectivity index (χ3v) is 3.42. The standard InChI is InChI=1S/C15H21N3O2.ClH/c19-13-17(11-14-7-3-1-4-8-14)12-16-18-10-6-2-5-9-15(18)20;/h1,3-4,7-8,13,16H,2,5-6,9-12H2;1H. The average molecular weight is 312 g/mol. The Morgan fingerprint density at radius 1 is 1.19 bits per heavy atom. The van der Waals surface area contributed by atoms with Crippen LogP contribution in [0.3, 0.4) is 0 Å². The summed E-state index contributed by atoms with van der Waals surface area (Å²) >= 11 is 0. The van der Waals surface area contributed by atoms with Crippen LogP contribution in [0.15, 0.2) is 30.3 Å². The fourth-order valence-electron chi connectivity index (χ4n) is 2.27. The molecular weight excluding hydrogens is 290 g/mol. The van der Waals surface area contributed by atoms with Gasteiger partial charge in [0.25, 0.3) is 0 Å². The van der Waals surface area contributed by atoms with Gasteiger partial charge in [-0.3, -0.25) is 14.6 Å². The molecule has 5 nitrogen and oxygen atoms in total. The highest BCUT2D eigenvalue weighted by Gasteiger charge is 2.16. The van der Waals surface area contributed by atoms with Crippen LogP contribution >= 0.6 is 12.4 Å². The van der Waals surface area contributed by atoms with Crippen LogP contribution in [0, 0.1) is 0 Å². The highest BCUT2D eigenvalue weighted by molar-refractivity contribution is 5.85. The van der Waals surface area contributed by atoms with Crippen LogP contribution in [0.2, 0.25) is 0 Å². The summed E-state index contributed by atoms with van der Waals surface area (Å²) in [6.45, 7) is 1.61. The largest absolute Gasteiger partial charge is 0.327 e. The number of hydrogen-bond donors (Lipinski definition) is 1. The van der Waals surface area contributed by atoms with Crippen molar-refractivity contribution in [1.29, 1.82) is 0 Å². The van der Waals surface area contributed by atoms with E-state index in [2.05, 4.69) is 5.43 Å². The fourth-order valence-corrected chi connectivity index (χ4v) is 2.27. The molecule has 0 aliphatic carbocycles. The first-order valence-corrected chi connectivity index (χ1v) is 7.07. The monoisotopic (exact) mass is 311 g/mol. The summed E-state index contributed by atoms with van der Waals surface area (Å²) in [5.41, 5.74) is 4.13. The van der Waals surface area contributed by atoms with Crippen LogP contribution in [0.5, 0.6) is 0 Å². The first kappa shape index (κ1) is 17.5. The predicted octanol–water partition coefficient (Wildman–Crippen LogP) is 1.93. The zero-order chi connectivity index (χ0) is 14.2. The normalized spacial score (nSPS) is 15.0. The molecule has 0 bridgehead atoms. The minimum absolute atomic E-state index is 0. The Balaban J connectivity index is 0.00000220. The minimum Gasteiger partial charge on any atom is -0.327 e. The molecule has 0 atom stereocenters. The van der Waals surface area contributed by atoms with Gasteiger partial charge < -0.3 is 4.90 Å². The Bertz CT molecular complexity index is 442. The van der Waals surface area contributed by atoms with Crippen LogP contribution in [0.4, 0.5) is 0 Å². The predicted molar refractivity (Wildman–Crippen MR) is 83.5 cm³/mol. The molecule has 6 heteroatoms. The van der Waals surface area contributed by atoms with E-state index in [0.717, 1.165) is 37.8 Å². The van der Waals surface area contributed by atoms with E-state index < -0.39 is 0 Å². The van der Waals surface area contributed by atoms with Gasteiger partial charge in [0.2, 0.25) is 12.3 Å². The Hall–Kier alpha value is -1.59. The zero-order valence-electron chi connectivity index (χ0n) is 12.0. The number of hydrogen-bond acceptors (Lipinski definition) is 3. The van der Waals surface area contributed by atoms with Crippen molar-refractivity contribution in [1.82, 2.24) is 15.3 Å². The van der Waals surface area contributed by atoms with Crippen molar-refractivity contribution in [3.8, 4) is 0 Å². The van der Waals surface area contributed by atoms with Gasteiger partial charge in [0.15, 0.2) is 0 Å². The highest BCUT2D eigenvalue weighted by Crippen LogP contribution is 2.09. The van der Waals surface area contributed by atoms with E-state index >= 15 is 0 Å². The SMILES string of the molecule is Cl.O=CN(CNN1CCCCCC1=O)Cc1ccccc1. The van der Waals surface area contributed by atoms with Gasteiger partial charge in [-0.2, -0.15) is 0 Å². The van der Waals surface area contributed by atoms with Crippen LogP contribution in [0.25, 0.3) is 0 Å². The molecule has 0 unspecified atom stereocenters. The molecule has 1 heterocycles. The summed E-state index contributed by atoms with van der Waals surface area (Å²) in [6, 6.07) is 9.80. The van der Waals surface area contributed by atoms with E-state index in [-0.39, 0.29) is 18.3 Å².